The lowest BCUT2D eigenvalue weighted by Gasteiger charge is -2.06. The van der Waals surface area contributed by atoms with Gasteiger partial charge in [0.2, 0.25) is 0 Å². The Kier molecular flexibility index (Phi) is 3.26. The van der Waals surface area contributed by atoms with Crippen LogP contribution in [0, 0.1) is 0 Å². The van der Waals surface area contributed by atoms with Crippen molar-refractivity contribution < 1.29 is 9.84 Å². The molecule has 0 aliphatic carbocycles. The Bertz CT molecular complexity index is 705. The van der Waals surface area contributed by atoms with E-state index in [2.05, 4.69) is 4.98 Å². The summed E-state index contributed by atoms with van der Waals surface area (Å²) in [4.78, 5) is 4.23. The Labute approximate surface area is 120 Å². The molecular formula is C15H12N2O2S. The van der Waals surface area contributed by atoms with Crippen molar-refractivity contribution in [2.45, 2.75) is 0 Å². The van der Waals surface area contributed by atoms with Crippen LogP contribution in [-0.4, -0.2) is 10.1 Å². The number of ether oxygens (including phenoxy) is 1. The molecule has 20 heavy (non-hydrogen) atoms. The zero-order valence-corrected chi connectivity index (χ0v) is 11.3. The zero-order chi connectivity index (χ0) is 13.9. The minimum absolute atomic E-state index is 0.216. The molecule has 0 atom stereocenters. The van der Waals surface area contributed by atoms with Crippen LogP contribution in [0.15, 0.2) is 53.9 Å². The fourth-order valence-corrected chi connectivity index (χ4v) is 2.34. The maximum atomic E-state index is 9.22. The molecule has 0 aliphatic heterocycles. The number of nitrogens with zero attached hydrogens (tertiary/aromatic N) is 1. The molecule has 0 spiro atoms. The van der Waals surface area contributed by atoms with Gasteiger partial charge in [-0.05, 0) is 48.5 Å². The molecule has 3 N–H and O–H groups in total. The summed E-state index contributed by atoms with van der Waals surface area (Å²) in [6.07, 6.45) is 0. The van der Waals surface area contributed by atoms with Crippen LogP contribution in [0.4, 0.5) is 5.13 Å². The highest BCUT2D eigenvalue weighted by molar-refractivity contribution is 7.13. The molecule has 100 valence electrons. The molecule has 0 saturated carbocycles. The predicted molar refractivity (Wildman–Crippen MR) is 80.1 cm³/mol. The summed E-state index contributed by atoms with van der Waals surface area (Å²) in [6.45, 7) is 0. The van der Waals surface area contributed by atoms with E-state index in [0.717, 1.165) is 17.0 Å². The standard InChI is InChI=1S/C15H12N2O2S/c16-15-17-14(9-20-15)10-1-5-12(6-2-10)19-13-7-3-11(18)4-8-13/h1-9,18H,(H2,16,17). The predicted octanol–water partition coefficient (Wildman–Crippen LogP) is 3.89. The molecule has 4 nitrogen and oxygen atoms in total. The Morgan fingerprint density at radius 1 is 0.950 bits per heavy atom. The number of aromatic hydroxyl groups is 1. The van der Waals surface area contributed by atoms with Gasteiger partial charge in [-0.2, -0.15) is 0 Å². The van der Waals surface area contributed by atoms with E-state index in [9.17, 15) is 5.11 Å². The van der Waals surface area contributed by atoms with Gasteiger partial charge in [-0.15, -0.1) is 11.3 Å². The zero-order valence-electron chi connectivity index (χ0n) is 10.5. The molecule has 3 aromatic rings. The number of phenolic OH excluding ortho intramolecular Hbond substituents is 1. The number of nitrogen functional groups attached to an aromatic ring is 1. The van der Waals surface area contributed by atoms with Gasteiger partial charge in [-0.1, -0.05) is 0 Å². The summed E-state index contributed by atoms with van der Waals surface area (Å²) in [5, 5.41) is 11.7. The van der Waals surface area contributed by atoms with Crippen LogP contribution < -0.4 is 10.5 Å². The molecule has 0 amide bonds. The molecule has 0 aliphatic rings. The largest absolute Gasteiger partial charge is 0.508 e. The van der Waals surface area contributed by atoms with Crippen molar-refractivity contribution in [2.24, 2.45) is 0 Å². The third-order valence-corrected chi connectivity index (χ3v) is 3.42. The Morgan fingerprint density at radius 3 is 2.10 bits per heavy atom. The van der Waals surface area contributed by atoms with Crippen molar-refractivity contribution in [1.82, 2.24) is 4.98 Å². The molecule has 0 saturated heterocycles. The molecule has 2 aromatic carbocycles. The number of anilines is 1. The first-order chi connectivity index (χ1) is 9.70. The smallest absolute Gasteiger partial charge is 0.180 e. The van der Waals surface area contributed by atoms with E-state index in [1.807, 2.05) is 29.6 Å². The first kappa shape index (κ1) is 12.5. The molecule has 0 bridgehead atoms. The Hall–Kier alpha value is -2.53. The molecule has 3 rings (SSSR count). The Balaban J connectivity index is 1.77. The van der Waals surface area contributed by atoms with Gasteiger partial charge >= 0.3 is 0 Å². The summed E-state index contributed by atoms with van der Waals surface area (Å²) in [6, 6.07) is 14.2. The van der Waals surface area contributed by atoms with Crippen molar-refractivity contribution >= 4 is 16.5 Å². The SMILES string of the molecule is Nc1nc(-c2ccc(Oc3ccc(O)cc3)cc2)cs1. The van der Waals surface area contributed by atoms with E-state index in [1.165, 1.54) is 11.3 Å². The first-order valence-electron chi connectivity index (χ1n) is 5.99. The summed E-state index contributed by atoms with van der Waals surface area (Å²) < 4.78 is 5.68. The van der Waals surface area contributed by atoms with Crippen LogP contribution in [0.1, 0.15) is 0 Å². The number of aromatic nitrogens is 1. The maximum absolute atomic E-state index is 9.22. The highest BCUT2D eigenvalue weighted by Crippen LogP contribution is 2.27. The lowest BCUT2D eigenvalue weighted by atomic mass is 10.2. The van der Waals surface area contributed by atoms with E-state index in [-0.39, 0.29) is 5.75 Å². The van der Waals surface area contributed by atoms with Gasteiger partial charge in [0.05, 0.1) is 5.69 Å². The van der Waals surface area contributed by atoms with E-state index in [4.69, 9.17) is 10.5 Å². The third kappa shape index (κ3) is 2.73. The third-order valence-electron chi connectivity index (χ3n) is 2.74. The topological polar surface area (TPSA) is 68.4 Å². The fraction of sp³-hybridized carbons (Fsp3) is 0. The fourth-order valence-electron chi connectivity index (χ4n) is 1.76. The second-order valence-corrected chi connectivity index (χ2v) is 5.08. The van der Waals surface area contributed by atoms with Crippen LogP contribution in [0.5, 0.6) is 17.2 Å². The van der Waals surface area contributed by atoms with Crippen LogP contribution in [0.25, 0.3) is 11.3 Å². The summed E-state index contributed by atoms with van der Waals surface area (Å²) >= 11 is 1.42. The number of rotatable bonds is 3. The average Bonchev–Trinajstić information content (AvgIpc) is 2.89. The molecule has 1 aromatic heterocycles. The van der Waals surface area contributed by atoms with Gasteiger partial charge in [-0.25, -0.2) is 4.98 Å². The molecule has 0 unspecified atom stereocenters. The van der Waals surface area contributed by atoms with E-state index < -0.39 is 0 Å². The van der Waals surface area contributed by atoms with Crippen LogP contribution >= 0.6 is 11.3 Å². The van der Waals surface area contributed by atoms with E-state index in [1.54, 1.807) is 24.3 Å². The number of nitrogens with two attached hydrogens (primary N) is 1. The van der Waals surface area contributed by atoms with Crippen LogP contribution in [-0.2, 0) is 0 Å². The molecule has 5 heteroatoms. The van der Waals surface area contributed by atoms with Gasteiger partial charge in [0, 0.05) is 10.9 Å². The van der Waals surface area contributed by atoms with E-state index >= 15 is 0 Å². The van der Waals surface area contributed by atoms with Crippen molar-refractivity contribution in [1.29, 1.82) is 0 Å². The van der Waals surface area contributed by atoms with Gasteiger partial charge in [0.25, 0.3) is 0 Å². The number of hydrogen-bond acceptors (Lipinski definition) is 5. The van der Waals surface area contributed by atoms with Crippen molar-refractivity contribution in [3.05, 3.63) is 53.9 Å². The Morgan fingerprint density at radius 2 is 1.55 bits per heavy atom. The van der Waals surface area contributed by atoms with E-state index in [0.29, 0.717) is 10.9 Å². The first-order valence-corrected chi connectivity index (χ1v) is 6.87. The molecule has 0 fully saturated rings. The highest BCUT2D eigenvalue weighted by atomic mass is 32.1. The van der Waals surface area contributed by atoms with Crippen molar-refractivity contribution in [3.63, 3.8) is 0 Å². The quantitative estimate of drug-likeness (QED) is 0.765. The van der Waals surface area contributed by atoms with Crippen LogP contribution in [0.2, 0.25) is 0 Å². The normalized spacial score (nSPS) is 10.4. The number of hydrogen-bond donors (Lipinski definition) is 2. The van der Waals surface area contributed by atoms with Gasteiger partial charge in [-0.3, -0.25) is 0 Å². The van der Waals surface area contributed by atoms with Crippen molar-refractivity contribution in [2.75, 3.05) is 5.73 Å². The molecule has 1 heterocycles. The summed E-state index contributed by atoms with van der Waals surface area (Å²) in [7, 11) is 0. The van der Waals surface area contributed by atoms with Gasteiger partial charge in [0.1, 0.15) is 17.2 Å². The number of benzene rings is 2. The van der Waals surface area contributed by atoms with Crippen LogP contribution in [0.3, 0.4) is 0 Å². The molecular weight excluding hydrogens is 272 g/mol. The summed E-state index contributed by atoms with van der Waals surface area (Å²) in [5.41, 5.74) is 7.48. The second kappa shape index (κ2) is 5.22. The monoisotopic (exact) mass is 284 g/mol. The number of phenols is 1. The second-order valence-electron chi connectivity index (χ2n) is 4.19. The molecule has 0 radical (unpaired) electrons. The van der Waals surface area contributed by atoms with Gasteiger partial charge in [0.15, 0.2) is 5.13 Å². The number of thiazole rings is 1. The average molecular weight is 284 g/mol. The minimum Gasteiger partial charge on any atom is -0.508 e. The van der Waals surface area contributed by atoms with Crippen molar-refractivity contribution in [3.8, 4) is 28.5 Å². The lowest BCUT2D eigenvalue weighted by Crippen LogP contribution is -1.85. The lowest BCUT2D eigenvalue weighted by molar-refractivity contribution is 0.464. The maximum Gasteiger partial charge on any atom is 0.180 e. The minimum atomic E-state index is 0.216. The summed E-state index contributed by atoms with van der Waals surface area (Å²) in [5.74, 6) is 1.62. The van der Waals surface area contributed by atoms with Gasteiger partial charge < -0.3 is 15.6 Å². The highest BCUT2D eigenvalue weighted by Gasteiger charge is 2.03.